The van der Waals surface area contributed by atoms with E-state index in [2.05, 4.69) is 5.32 Å². The highest BCUT2D eigenvalue weighted by molar-refractivity contribution is 7.92. The van der Waals surface area contributed by atoms with Crippen LogP contribution < -0.4 is 19.1 Å². The molecule has 220 valence electrons. The number of amides is 2. The monoisotopic (exact) mass is 601 g/mol. The lowest BCUT2D eigenvalue weighted by Crippen LogP contribution is -2.51. The van der Waals surface area contributed by atoms with Gasteiger partial charge < -0.3 is 19.7 Å². The average Bonchev–Trinajstić information content (AvgIpc) is 2.97. The van der Waals surface area contributed by atoms with E-state index in [0.29, 0.717) is 23.0 Å². The highest BCUT2D eigenvalue weighted by Gasteiger charge is 2.33. The normalized spacial score (nSPS) is 11.9. The van der Waals surface area contributed by atoms with E-state index in [-0.39, 0.29) is 23.1 Å². The number of carbonyl (C=O) groups is 2. The van der Waals surface area contributed by atoms with Crippen LogP contribution in [0.4, 0.5) is 5.69 Å². The van der Waals surface area contributed by atoms with Gasteiger partial charge in [-0.2, -0.15) is 0 Å². The molecule has 3 aromatic rings. The van der Waals surface area contributed by atoms with Crippen molar-refractivity contribution in [2.45, 2.75) is 44.7 Å². The maximum Gasteiger partial charge on any atom is 0.264 e. The second-order valence-electron chi connectivity index (χ2n) is 9.48. The van der Waals surface area contributed by atoms with Gasteiger partial charge in [0.2, 0.25) is 11.8 Å². The predicted molar refractivity (Wildman–Crippen MR) is 160 cm³/mol. The minimum Gasteiger partial charge on any atom is -0.493 e. The third-order valence-corrected chi connectivity index (χ3v) is 8.55. The Balaban J connectivity index is 2.05. The van der Waals surface area contributed by atoms with Gasteiger partial charge in [-0.25, -0.2) is 8.42 Å². The van der Waals surface area contributed by atoms with E-state index >= 15 is 0 Å². The Hall–Kier alpha value is -3.76. The highest BCUT2D eigenvalue weighted by atomic mass is 35.5. The van der Waals surface area contributed by atoms with Crippen LogP contribution in [0, 0.1) is 6.92 Å². The minimum absolute atomic E-state index is 0.0782. The van der Waals surface area contributed by atoms with Crippen molar-refractivity contribution in [3.05, 3.63) is 82.9 Å². The van der Waals surface area contributed by atoms with Crippen LogP contribution in [0.3, 0.4) is 0 Å². The number of nitrogens with zero attached hydrogens (tertiary/aromatic N) is 2. The molecular formula is C30H36ClN3O6S. The molecule has 0 radical (unpaired) electrons. The zero-order valence-electron chi connectivity index (χ0n) is 23.9. The number of ether oxygens (including phenoxy) is 2. The van der Waals surface area contributed by atoms with Crippen molar-refractivity contribution < 1.29 is 27.5 Å². The van der Waals surface area contributed by atoms with Gasteiger partial charge in [0.1, 0.15) is 12.6 Å². The lowest BCUT2D eigenvalue weighted by molar-refractivity contribution is -0.139. The van der Waals surface area contributed by atoms with Crippen molar-refractivity contribution in [1.29, 1.82) is 0 Å². The molecule has 9 nitrogen and oxygen atoms in total. The summed E-state index contributed by atoms with van der Waals surface area (Å²) in [7, 11) is -1.39. The van der Waals surface area contributed by atoms with Crippen LogP contribution in [0.15, 0.2) is 71.6 Å². The standard InChI is InChI=1S/C30H36ClN3O6S/c1-6-17-32-30(36)22(3)33(19-23-9-11-24(31)12-10-23)29(35)20-34(25-13-7-21(2)8-14-25)41(37,38)26-15-16-27(39-4)28(18-26)40-5/h7-16,18,22H,6,17,19-20H2,1-5H3,(H,32,36). The summed E-state index contributed by atoms with van der Waals surface area (Å²) in [5, 5.41) is 3.36. The molecule has 0 spiro atoms. The summed E-state index contributed by atoms with van der Waals surface area (Å²) in [6.07, 6.45) is 0.731. The quantitative estimate of drug-likeness (QED) is 0.302. The summed E-state index contributed by atoms with van der Waals surface area (Å²) >= 11 is 6.04. The lowest BCUT2D eigenvalue weighted by Gasteiger charge is -2.32. The maximum absolute atomic E-state index is 14.0. The van der Waals surface area contributed by atoms with Crippen molar-refractivity contribution in [1.82, 2.24) is 10.2 Å². The molecule has 0 fully saturated rings. The molecule has 11 heteroatoms. The van der Waals surface area contributed by atoms with E-state index in [9.17, 15) is 18.0 Å². The van der Waals surface area contributed by atoms with E-state index in [1.165, 1.54) is 37.3 Å². The Kier molecular flexibility index (Phi) is 11.0. The number of halogens is 1. The molecule has 41 heavy (non-hydrogen) atoms. The summed E-state index contributed by atoms with van der Waals surface area (Å²) in [6, 6.07) is 17.1. The van der Waals surface area contributed by atoms with Gasteiger partial charge in [0.15, 0.2) is 11.5 Å². The van der Waals surface area contributed by atoms with Crippen LogP contribution in [0.25, 0.3) is 0 Å². The first-order chi connectivity index (χ1) is 19.5. The predicted octanol–water partition coefficient (Wildman–Crippen LogP) is 4.80. The fourth-order valence-electron chi connectivity index (χ4n) is 4.11. The average molecular weight is 602 g/mol. The molecule has 0 heterocycles. The number of hydrogen-bond acceptors (Lipinski definition) is 6. The fraction of sp³-hybridized carbons (Fsp3) is 0.333. The van der Waals surface area contributed by atoms with Crippen LogP contribution in [0.5, 0.6) is 11.5 Å². The Morgan fingerprint density at radius 1 is 0.951 bits per heavy atom. The summed E-state index contributed by atoms with van der Waals surface area (Å²) in [6.45, 7) is 5.42. The summed E-state index contributed by atoms with van der Waals surface area (Å²) in [5.41, 5.74) is 1.96. The molecule has 3 aromatic carbocycles. The Morgan fingerprint density at radius 2 is 1.59 bits per heavy atom. The number of rotatable bonds is 13. The molecule has 0 saturated carbocycles. The van der Waals surface area contributed by atoms with Gasteiger partial charge in [-0.1, -0.05) is 48.4 Å². The number of aryl methyl sites for hydroxylation is 1. The minimum atomic E-state index is -4.26. The molecule has 3 rings (SSSR count). The van der Waals surface area contributed by atoms with Crippen molar-refractivity contribution in [3.8, 4) is 11.5 Å². The second-order valence-corrected chi connectivity index (χ2v) is 11.8. The molecule has 1 atom stereocenters. The third-order valence-electron chi connectivity index (χ3n) is 6.53. The number of anilines is 1. The Morgan fingerprint density at radius 3 is 2.17 bits per heavy atom. The molecule has 0 saturated heterocycles. The van der Waals surface area contributed by atoms with Crippen LogP contribution >= 0.6 is 11.6 Å². The van der Waals surface area contributed by atoms with Gasteiger partial charge in [0, 0.05) is 24.2 Å². The summed E-state index contributed by atoms with van der Waals surface area (Å²) in [5.74, 6) is -0.290. The number of nitrogens with one attached hydrogen (secondary N) is 1. The molecule has 0 aliphatic heterocycles. The first-order valence-corrected chi connectivity index (χ1v) is 15.0. The van der Waals surface area contributed by atoms with Crippen molar-refractivity contribution in [2.75, 3.05) is 31.6 Å². The highest BCUT2D eigenvalue weighted by Crippen LogP contribution is 2.32. The Bertz CT molecular complexity index is 1450. The van der Waals surface area contributed by atoms with E-state index in [1.54, 1.807) is 55.5 Å². The number of hydrogen-bond donors (Lipinski definition) is 1. The molecule has 0 aliphatic carbocycles. The van der Waals surface area contributed by atoms with Gasteiger partial charge in [-0.15, -0.1) is 0 Å². The Labute approximate surface area is 247 Å². The van der Waals surface area contributed by atoms with Crippen LogP contribution in [-0.4, -0.2) is 58.5 Å². The van der Waals surface area contributed by atoms with Crippen LogP contribution in [-0.2, 0) is 26.2 Å². The fourth-order valence-corrected chi connectivity index (χ4v) is 5.67. The van der Waals surface area contributed by atoms with Gasteiger partial charge >= 0.3 is 0 Å². The largest absolute Gasteiger partial charge is 0.493 e. The van der Waals surface area contributed by atoms with Crippen LogP contribution in [0.1, 0.15) is 31.4 Å². The number of sulfonamides is 1. The van der Waals surface area contributed by atoms with Crippen molar-refractivity contribution in [3.63, 3.8) is 0 Å². The van der Waals surface area contributed by atoms with E-state index in [1.807, 2.05) is 13.8 Å². The van der Waals surface area contributed by atoms with E-state index in [0.717, 1.165) is 21.9 Å². The second kappa shape index (κ2) is 14.2. The van der Waals surface area contributed by atoms with Gasteiger partial charge in [-0.3, -0.25) is 13.9 Å². The van der Waals surface area contributed by atoms with E-state index in [4.69, 9.17) is 21.1 Å². The van der Waals surface area contributed by atoms with Crippen LogP contribution in [0.2, 0.25) is 5.02 Å². The summed E-state index contributed by atoms with van der Waals surface area (Å²) in [4.78, 5) is 28.2. The SMILES string of the molecule is CCCNC(=O)C(C)N(Cc1ccc(Cl)cc1)C(=O)CN(c1ccc(C)cc1)S(=O)(=O)c1ccc(OC)c(OC)c1. The van der Waals surface area contributed by atoms with Gasteiger partial charge in [-0.05, 0) is 62.2 Å². The molecule has 0 aromatic heterocycles. The molecule has 1 N–H and O–H groups in total. The van der Waals surface area contributed by atoms with Crippen molar-refractivity contribution >= 4 is 39.1 Å². The molecule has 1 unspecified atom stereocenters. The van der Waals surface area contributed by atoms with Gasteiger partial charge in [0.25, 0.3) is 10.0 Å². The number of methoxy groups -OCH3 is 2. The first-order valence-electron chi connectivity index (χ1n) is 13.1. The smallest absolute Gasteiger partial charge is 0.264 e. The summed E-state index contributed by atoms with van der Waals surface area (Å²) < 4.78 is 39.7. The number of benzene rings is 3. The maximum atomic E-state index is 14.0. The third kappa shape index (κ3) is 7.92. The molecule has 0 bridgehead atoms. The van der Waals surface area contributed by atoms with Crippen molar-refractivity contribution in [2.24, 2.45) is 0 Å². The van der Waals surface area contributed by atoms with E-state index < -0.39 is 28.5 Å². The lowest BCUT2D eigenvalue weighted by atomic mass is 10.1. The molecule has 2 amide bonds. The zero-order valence-corrected chi connectivity index (χ0v) is 25.5. The molecule has 0 aliphatic rings. The zero-order chi connectivity index (χ0) is 30.2. The first kappa shape index (κ1) is 31.8. The topological polar surface area (TPSA) is 105 Å². The molecular weight excluding hydrogens is 566 g/mol. The van der Waals surface area contributed by atoms with Gasteiger partial charge in [0.05, 0.1) is 24.8 Å². The number of carbonyl (C=O) groups excluding carboxylic acids is 2.